The third kappa shape index (κ3) is 3.44. The normalized spacial score (nSPS) is 26.1. The van der Waals surface area contributed by atoms with Crippen LogP contribution in [0.25, 0.3) is 0 Å². The molecule has 2 spiro atoms. The summed E-state index contributed by atoms with van der Waals surface area (Å²) in [5, 5.41) is 3.10. The number of likely N-dealkylation sites (N-methyl/N-ethyl adjacent to an activating group) is 1. The molecule has 10 heteroatoms. The van der Waals surface area contributed by atoms with Crippen LogP contribution in [0.2, 0.25) is 0 Å². The van der Waals surface area contributed by atoms with Crippen molar-refractivity contribution in [3.05, 3.63) is 77.2 Å². The third-order valence-electron chi connectivity index (χ3n) is 8.25. The maximum Gasteiger partial charge on any atom is 0.251 e. The number of nitrogens with one attached hydrogen (secondary N) is 1. The van der Waals surface area contributed by atoms with Gasteiger partial charge in [-0.15, -0.1) is 0 Å². The lowest BCUT2D eigenvalue weighted by Gasteiger charge is -2.42. The summed E-state index contributed by atoms with van der Waals surface area (Å²) < 4.78 is 15.8. The van der Waals surface area contributed by atoms with Gasteiger partial charge in [-0.05, 0) is 54.9 Å². The van der Waals surface area contributed by atoms with Gasteiger partial charge in [0.05, 0.1) is 27.0 Å². The number of furan rings is 1. The number of carbonyl (C=O) groups is 2. The maximum absolute atomic E-state index is 14.9. The number of hydrogen-bond donors (Lipinski definition) is 1. The second kappa shape index (κ2) is 9.39. The van der Waals surface area contributed by atoms with E-state index in [4.69, 9.17) is 26.1 Å². The molecular weight excluding hydrogens is 534 g/mol. The van der Waals surface area contributed by atoms with Crippen LogP contribution in [0.5, 0.6) is 11.5 Å². The van der Waals surface area contributed by atoms with E-state index in [1.807, 2.05) is 48.3 Å². The van der Waals surface area contributed by atoms with Gasteiger partial charge in [-0.2, -0.15) is 0 Å². The number of aryl methyl sites for hydroxylation is 1. The van der Waals surface area contributed by atoms with Crippen molar-refractivity contribution in [1.82, 2.24) is 9.80 Å². The third-order valence-corrected chi connectivity index (χ3v) is 10.2. The summed E-state index contributed by atoms with van der Waals surface area (Å²) in [5.41, 5.74) is 2.21. The number of thioether (sulfide) groups is 1. The van der Waals surface area contributed by atoms with Gasteiger partial charge in [-0.25, -0.2) is 0 Å². The van der Waals surface area contributed by atoms with Crippen molar-refractivity contribution >= 4 is 45.8 Å². The Morgan fingerprint density at radius 2 is 1.92 bits per heavy atom. The molecule has 3 aliphatic rings. The lowest BCUT2D eigenvalue weighted by Crippen LogP contribution is -2.61. The molecule has 3 atom stereocenters. The smallest absolute Gasteiger partial charge is 0.251 e. The molecule has 2 saturated heterocycles. The van der Waals surface area contributed by atoms with Gasteiger partial charge in [0.15, 0.2) is 17.0 Å². The minimum Gasteiger partial charge on any atom is -0.493 e. The highest BCUT2D eigenvalue weighted by atomic mass is 32.2. The largest absolute Gasteiger partial charge is 0.493 e. The molecule has 4 heterocycles. The fourth-order valence-electron chi connectivity index (χ4n) is 6.45. The van der Waals surface area contributed by atoms with Crippen molar-refractivity contribution in [3.8, 4) is 11.5 Å². The van der Waals surface area contributed by atoms with Crippen molar-refractivity contribution in [2.24, 2.45) is 0 Å². The zero-order valence-corrected chi connectivity index (χ0v) is 23.8. The number of methoxy groups -OCH3 is 2. The van der Waals surface area contributed by atoms with Gasteiger partial charge >= 0.3 is 0 Å². The fraction of sp³-hybridized carbons (Fsp3) is 0.345. The van der Waals surface area contributed by atoms with Gasteiger partial charge in [0, 0.05) is 23.7 Å². The molecule has 1 aromatic heterocycles. The predicted molar refractivity (Wildman–Crippen MR) is 153 cm³/mol. The number of hydrogen-bond acceptors (Lipinski definition) is 8. The predicted octanol–water partition coefficient (Wildman–Crippen LogP) is 4.54. The van der Waals surface area contributed by atoms with E-state index in [9.17, 15) is 9.59 Å². The maximum atomic E-state index is 14.9. The Labute approximate surface area is 236 Å². The lowest BCUT2D eigenvalue weighted by molar-refractivity contribution is -0.138. The van der Waals surface area contributed by atoms with Crippen molar-refractivity contribution < 1.29 is 23.5 Å². The molecule has 1 N–H and O–H groups in total. The summed E-state index contributed by atoms with van der Waals surface area (Å²) in [4.78, 5) is 32.7. The fourth-order valence-corrected chi connectivity index (χ4v) is 8.58. The molecule has 3 unspecified atom stereocenters. The highest BCUT2D eigenvalue weighted by molar-refractivity contribution is 8.25. The minimum absolute atomic E-state index is 0.196. The molecule has 2 amide bonds. The summed E-state index contributed by atoms with van der Waals surface area (Å²) in [6.07, 6.45) is 2.38. The Kier molecular flexibility index (Phi) is 6.24. The van der Waals surface area contributed by atoms with Crippen molar-refractivity contribution in [3.63, 3.8) is 0 Å². The van der Waals surface area contributed by atoms with E-state index in [-0.39, 0.29) is 24.3 Å². The summed E-state index contributed by atoms with van der Waals surface area (Å²) in [7, 11) is 5.09. The number of fused-ring (bicyclic) bond motifs is 3. The number of ether oxygens (including phenoxy) is 2. The average Bonchev–Trinajstić information content (AvgIpc) is 3.68. The van der Waals surface area contributed by atoms with E-state index < -0.39 is 10.3 Å². The van der Waals surface area contributed by atoms with Crippen LogP contribution in [0.3, 0.4) is 0 Å². The Morgan fingerprint density at radius 3 is 2.62 bits per heavy atom. The molecule has 0 saturated carbocycles. The first kappa shape index (κ1) is 25.9. The molecule has 3 aromatic rings. The molecule has 6 rings (SSSR count). The van der Waals surface area contributed by atoms with Crippen LogP contribution in [0.4, 0.5) is 5.69 Å². The van der Waals surface area contributed by atoms with Crippen LogP contribution in [0.1, 0.15) is 35.3 Å². The minimum atomic E-state index is -1.28. The van der Waals surface area contributed by atoms with Crippen molar-refractivity contribution in [1.29, 1.82) is 0 Å². The van der Waals surface area contributed by atoms with E-state index in [1.54, 1.807) is 31.4 Å². The molecule has 0 radical (unpaired) electrons. The number of nitrogens with zero attached hydrogens (tertiary/aromatic N) is 2. The van der Waals surface area contributed by atoms with Gasteiger partial charge < -0.3 is 19.2 Å². The Bertz CT molecular complexity index is 1490. The summed E-state index contributed by atoms with van der Waals surface area (Å²) in [6, 6.07) is 15.3. The zero-order valence-electron chi connectivity index (χ0n) is 22.1. The zero-order chi connectivity index (χ0) is 27.5. The second-order valence-corrected chi connectivity index (χ2v) is 11.9. The molecule has 2 aromatic carbocycles. The highest BCUT2D eigenvalue weighted by Crippen LogP contribution is 2.66. The monoisotopic (exact) mass is 563 g/mol. The highest BCUT2D eigenvalue weighted by Gasteiger charge is 2.77. The Balaban J connectivity index is 1.59. The first-order valence-electron chi connectivity index (χ1n) is 12.8. The standard InChI is InChI=1S/C29H29N3O5S2/c1-5-17-8-10-22-20(13-17)28(25(33)30-22)29(26(34)32(27(38)39-29)15-19-7-6-12-37-19)21(16-31(28)2)18-9-11-23(35-3)24(14-18)36-4/h6-14,21H,5,15-16H2,1-4H3,(H,30,33). The Hall–Kier alpha value is -3.34. The van der Waals surface area contributed by atoms with Gasteiger partial charge in [0.2, 0.25) is 5.91 Å². The summed E-state index contributed by atoms with van der Waals surface area (Å²) in [5.74, 6) is 0.956. The van der Waals surface area contributed by atoms with E-state index in [1.165, 1.54) is 11.8 Å². The first-order valence-corrected chi connectivity index (χ1v) is 14.0. The van der Waals surface area contributed by atoms with E-state index in [0.29, 0.717) is 28.1 Å². The van der Waals surface area contributed by atoms with Gasteiger partial charge in [-0.1, -0.05) is 49.1 Å². The average molecular weight is 564 g/mol. The molecular formula is C29H29N3O5S2. The summed E-state index contributed by atoms with van der Waals surface area (Å²) in [6.45, 7) is 2.73. The van der Waals surface area contributed by atoms with E-state index in [2.05, 4.69) is 18.3 Å². The second-order valence-electron chi connectivity index (χ2n) is 10.0. The summed E-state index contributed by atoms with van der Waals surface area (Å²) >= 11 is 7.18. The number of anilines is 1. The molecule has 0 bridgehead atoms. The van der Waals surface area contributed by atoms with E-state index in [0.717, 1.165) is 28.8 Å². The quantitative estimate of drug-likeness (QED) is 0.438. The van der Waals surface area contributed by atoms with Crippen LogP contribution in [0.15, 0.2) is 59.2 Å². The topological polar surface area (TPSA) is 84.2 Å². The van der Waals surface area contributed by atoms with Gasteiger partial charge in [0.1, 0.15) is 14.8 Å². The molecule has 2 fully saturated rings. The van der Waals surface area contributed by atoms with Crippen molar-refractivity contribution in [2.45, 2.75) is 36.1 Å². The van der Waals surface area contributed by atoms with Gasteiger partial charge in [0.25, 0.3) is 5.91 Å². The molecule has 0 aliphatic carbocycles. The number of amides is 2. The molecule has 8 nitrogen and oxygen atoms in total. The SMILES string of the molecule is CCc1ccc2c(c1)C1(C(=O)N2)N(C)CC(c2ccc(OC)c(OC)c2)C12SC(=S)N(Cc1ccco1)C2=O. The first-order chi connectivity index (χ1) is 18.8. The van der Waals surface area contributed by atoms with Crippen molar-refractivity contribution in [2.75, 3.05) is 33.1 Å². The molecule has 39 heavy (non-hydrogen) atoms. The van der Waals surface area contributed by atoms with E-state index >= 15 is 0 Å². The lowest BCUT2D eigenvalue weighted by atomic mass is 9.71. The van der Waals surface area contributed by atoms with Crippen LogP contribution < -0.4 is 14.8 Å². The number of rotatable bonds is 6. The van der Waals surface area contributed by atoms with Crippen LogP contribution >= 0.6 is 24.0 Å². The van der Waals surface area contributed by atoms with Crippen LogP contribution in [-0.4, -0.2) is 58.5 Å². The van der Waals surface area contributed by atoms with Crippen LogP contribution in [0, 0.1) is 0 Å². The number of thiocarbonyl (C=S) groups is 1. The Morgan fingerprint density at radius 1 is 1.13 bits per heavy atom. The van der Waals surface area contributed by atoms with Gasteiger partial charge in [-0.3, -0.25) is 19.4 Å². The van der Waals surface area contributed by atoms with Crippen LogP contribution in [-0.2, 0) is 28.1 Å². The number of benzene rings is 2. The molecule has 202 valence electrons. The number of likely N-dealkylation sites (tertiary alicyclic amines) is 1. The molecule has 3 aliphatic heterocycles. The number of carbonyl (C=O) groups excluding carboxylic acids is 2.